The van der Waals surface area contributed by atoms with Crippen molar-refractivity contribution in [1.29, 1.82) is 0 Å². The highest BCUT2D eigenvalue weighted by Gasteiger charge is 2.13. The van der Waals surface area contributed by atoms with E-state index in [2.05, 4.69) is 28.5 Å². The summed E-state index contributed by atoms with van der Waals surface area (Å²) >= 11 is 0. The number of fused-ring (bicyclic) bond motifs is 1. The van der Waals surface area contributed by atoms with Crippen molar-refractivity contribution in [3.05, 3.63) is 35.0 Å². The van der Waals surface area contributed by atoms with Gasteiger partial charge in [-0.3, -0.25) is 0 Å². The highest BCUT2D eigenvalue weighted by molar-refractivity contribution is 5.45. The topological polar surface area (TPSA) is 56.7 Å². The Labute approximate surface area is 94.1 Å². The number of aryl methyl sites for hydroxylation is 2. The minimum Gasteiger partial charge on any atom is -0.381 e. The molecule has 2 aromatic rings. The van der Waals surface area contributed by atoms with E-state index in [9.17, 15) is 0 Å². The van der Waals surface area contributed by atoms with Gasteiger partial charge in [0.1, 0.15) is 0 Å². The zero-order valence-electron chi connectivity index (χ0n) is 9.27. The summed E-state index contributed by atoms with van der Waals surface area (Å²) in [6.45, 7) is 1.93. The number of nitrogens with zero attached hydrogens (tertiary/aromatic N) is 3. The smallest absolute Gasteiger partial charge is 0.169 e. The number of hydrogen-bond donors (Lipinski definition) is 1. The summed E-state index contributed by atoms with van der Waals surface area (Å²) < 4.78 is 1.80. The van der Waals surface area contributed by atoms with Crippen molar-refractivity contribution < 1.29 is 0 Å². The molecular formula is C12H14N4. The first kappa shape index (κ1) is 9.39. The van der Waals surface area contributed by atoms with Gasteiger partial charge in [-0.25, -0.2) is 4.68 Å². The first-order valence-corrected chi connectivity index (χ1v) is 5.55. The predicted molar refractivity (Wildman–Crippen MR) is 62.5 cm³/mol. The van der Waals surface area contributed by atoms with Gasteiger partial charge in [0, 0.05) is 0 Å². The third kappa shape index (κ3) is 1.30. The second-order valence-electron chi connectivity index (χ2n) is 4.28. The van der Waals surface area contributed by atoms with E-state index >= 15 is 0 Å². The summed E-state index contributed by atoms with van der Waals surface area (Å²) in [5.41, 5.74) is 10.6. The Kier molecular flexibility index (Phi) is 1.96. The van der Waals surface area contributed by atoms with Gasteiger partial charge in [-0.1, -0.05) is 11.3 Å². The number of benzene rings is 1. The van der Waals surface area contributed by atoms with Crippen LogP contribution in [0.4, 0.5) is 5.82 Å². The average molecular weight is 214 g/mol. The van der Waals surface area contributed by atoms with Gasteiger partial charge in [0.05, 0.1) is 11.4 Å². The molecule has 1 heterocycles. The molecule has 2 N–H and O–H groups in total. The van der Waals surface area contributed by atoms with Crippen LogP contribution in [0.1, 0.15) is 23.2 Å². The SMILES string of the molecule is Cc1c(N)nnn1-c1ccc2c(c1)CCC2. The van der Waals surface area contributed by atoms with Crippen LogP contribution < -0.4 is 5.73 Å². The van der Waals surface area contributed by atoms with E-state index in [0.29, 0.717) is 5.82 Å². The summed E-state index contributed by atoms with van der Waals surface area (Å²) in [5.74, 6) is 0.500. The van der Waals surface area contributed by atoms with Crippen molar-refractivity contribution >= 4 is 5.82 Å². The van der Waals surface area contributed by atoms with Crippen molar-refractivity contribution in [2.75, 3.05) is 5.73 Å². The molecule has 0 saturated carbocycles. The van der Waals surface area contributed by atoms with Gasteiger partial charge in [-0.2, -0.15) is 0 Å². The summed E-state index contributed by atoms with van der Waals surface area (Å²) in [6, 6.07) is 6.48. The molecule has 1 aliphatic rings. The van der Waals surface area contributed by atoms with Crippen LogP contribution in [0, 0.1) is 6.92 Å². The number of hydrogen-bond acceptors (Lipinski definition) is 3. The van der Waals surface area contributed by atoms with Crippen molar-refractivity contribution in [2.45, 2.75) is 26.2 Å². The van der Waals surface area contributed by atoms with Gasteiger partial charge < -0.3 is 5.73 Å². The fourth-order valence-electron chi connectivity index (χ4n) is 2.28. The Balaban J connectivity index is 2.10. The third-order valence-corrected chi connectivity index (χ3v) is 3.26. The number of nitrogen functional groups attached to an aromatic ring is 1. The molecule has 0 radical (unpaired) electrons. The number of anilines is 1. The van der Waals surface area contributed by atoms with Crippen LogP contribution in [-0.2, 0) is 12.8 Å². The maximum absolute atomic E-state index is 5.70. The van der Waals surface area contributed by atoms with E-state index < -0.39 is 0 Å². The summed E-state index contributed by atoms with van der Waals surface area (Å²) in [6.07, 6.45) is 3.64. The predicted octanol–water partition coefficient (Wildman–Crippen LogP) is 1.65. The molecule has 3 rings (SSSR count). The number of rotatable bonds is 1. The van der Waals surface area contributed by atoms with Gasteiger partial charge in [0.15, 0.2) is 5.82 Å². The van der Waals surface area contributed by atoms with E-state index in [1.807, 2.05) is 6.92 Å². The standard InChI is InChI=1S/C12H14N4/c1-8-12(13)14-15-16(8)11-6-5-9-3-2-4-10(9)7-11/h5-7H,2-4,13H2,1H3. The molecule has 0 spiro atoms. The highest BCUT2D eigenvalue weighted by Crippen LogP contribution is 2.24. The van der Waals surface area contributed by atoms with Crippen molar-refractivity contribution in [3.8, 4) is 5.69 Å². The van der Waals surface area contributed by atoms with E-state index in [1.54, 1.807) is 4.68 Å². The van der Waals surface area contributed by atoms with Crippen molar-refractivity contribution in [3.63, 3.8) is 0 Å². The lowest BCUT2D eigenvalue weighted by Crippen LogP contribution is -2.00. The molecule has 0 atom stereocenters. The van der Waals surface area contributed by atoms with Crippen LogP contribution in [0.5, 0.6) is 0 Å². The molecule has 0 fully saturated rings. The van der Waals surface area contributed by atoms with Crippen LogP contribution in [0.3, 0.4) is 0 Å². The summed E-state index contributed by atoms with van der Waals surface area (Å²) in [5, 5.41) is 7.93. The van der Waals surface area contributed by atoms with E-state index in [1.165, 1.54) is 30.4 Å². The van der Waals surface area contributed by atoms with Gasteiger partial charge >= 0.3 is 0 Å². The van der Waals surface area contributed by atoms with Crippen LogP contribution in [0.25, 0.3) is 5.69 Å². The maximum atomic E-state index is 5.70. The number of aromatic nitrogens is 3. The van der Waals surface area contributed by atoms with Gasteiger partial charge in [-0.05, 0) is 49.4 Å². The molecule has 0 amide bonds. The Morgan fingerprint density at radius 3 is 2.81 bits per heavy atom. The van der Waals surface area contributed by atoms with Gasteiger partial charge in [-0.15, -0.1) is 5.10 Å². The third-order valence-electron chi connectivity index (χ3n) is 3.26. The lowest BCUT2D eigenvalue weighted by molar-refractivity contribution is 0.784. The zero-order chi connectivity index (χ0) is 11.1. The Bertz CT molecular complexity index is 542. The molecule has 0 aliphatic heterocycles. The van der Waals surface area contributed by atoms with Crippen LogP contribution in [0.2, 0.25) is 0 Å². The van der Waals surface area contributed by atoms with Crippen LogP contribution in [-0.4, -0.2) is 15.0 Å². The Morgan fingerprint density at radius 1 is 1.25 bits per heavy atom. The Hall–Kier alpha value is -1.84. The summed E-state index contributed by atoms with van der Waals surface area (Å²) in [7, 11) is 0. The molecule has 16 heavy (non-hydrogen) atoms. The quantitative estimate of drug-likeness (QED) is 0.785. The van der Waals surface area contributed by atoms with Crippen molar-refractivity contribution in [2.24, 2.45) is 0 Å². The van der Waals surface area contributed by atoms with E-state index in [0.717, 1.165) is 11.4 Å². The first-order valence-electron chi connectivity index (χ1n) is 5.55. The molecule has 4 heteroatoms. The largest absolute Gasteiger partial charge is 0.381 e. The Morgan fingerprint density at radius 2 is 2.06 bits per heavy atom. The lowest BCUT2D eigenvalue weighted by atomic mass is 10.1. The minimum absolute atomic E-state index is 0.500. The fourth-order valence-corrected chi connectivity index (χ4v) is 2.28. The zero-order valence-corrected chi connectivity index (χ0v) is 9.27. The minimum atomic E-state index is 0.500. The summed E-state index contributed by atoms with van der Waals surface area (Å²) in [4.78, 5) is 0. The molecule has 0 saturated heterocycles. The van der Waals surface area contributed by atoms with Crippen LogP contribution in [0.15, 0.2) is 18.2 Å². The molecule has 1 aliphatic carbocycles. The molecule has 82 valence electrons. The maximum Gasteiger partial charge on any atom is 0.169 e. The van der Waals surface area contributed by atoms with E-state index in [-0.39, 0.29) is 0 Å². The van der Waals surface area contributed by atoms with Crippen molar-refractivity contribution in [1.82, 2.24) is 15.0 Å². The molecule has 0 bridgehead atoms. The monoisotopic (exact) mass is 214 g/mol. The molecular weight excluding hydrogens is 200 g/mol. The fraction of sp³-hybridized carbons (Fsp3) is 0.333. The normalized spacial score (nSPS) is 14.1. The lowest BCUT2D eigenvalue weighted by Gasteiger charge is -2.05. The average Bonchev–Trinajstić information content (AvgIpc) is 2.86. The molecule has 0 unspecified atom stereocenters. The van der Waals surface area contributed by atoms with Gasteiger partial charge in [0.2, 0.25) is 0 Å². The van der Waals surface area contributed by atoms with E-state index in [4.69, 9.17) is 5.73 Å². The first-order chi connectivity index (χ1) is 7.75. The second kappa shape index (κ2) is 3.33. The second-order valence-corrected chi connectivity index (χ2v) is 4.28. The molecule has 1 aromatic heterocycles. The molecule has 4 nitrogen and oxygen atoms in total. The van der Waals surface area contributed by atoms with Gasteiger partial charge in [0.25, 0.3) is 0 Å². The molecule has 1 aromatic carbocycles. The van der Waals surface area contributed by atoms with Crippen LogP contribution >= 0.6 is 0 Å². The highest BCUT2D eigenvalue weighted by atomic mass is 15.4. The number of nitrogens with two attached hydrogens (primary N) is 1.